The number of hydrogen-bond acceptors (Lipinski definition) is 4. The van der Waals surface area contributed by atoms with E-state index in [0.717, 1.165) is 38.2 Å². The summed E-state index contributed by atoms with van der Waals surface area (Å²) in [7, 11) is 0. The largest absolute Gasteiger partial charge is 0.489 e. The number of nitrogens with one attached hydrogen (secondary N) is 1. The maximum Gasteiger partial charge on any atom is 0.165 e. The Morgan fingerprint density at radius 1 is 1.08 bits per heavy atom. The highest BCUT2D eigenvalue weighted by Crippen LogP contribution is 2.22. The summed E-state index contributed by atoms with van der Waals surface area (Å²) in [6, 6.07) is 14.7. The van der Waals surface area contributed by atoms with Gasteiger partial charge >= 0.3 is 0 Å². The molecule has 140 valence electrons. The van der Waals surface area contributed by atoms with Crippen LogP contribution >= 0.6 is 0 Å². The molecule has 0 aliphatic carbocycles. The Balaban J connectivity index is 1.49. The molecule has 3 rings (SSSR count). The Morgan fingerprint density at radius 3 is 2.58 bits per heavy atom. The molecule has 1 aliphatic heterocycles. The molecule has 1 fully saturated rings. The molecule has 0 aromatic heterocycles. The fraction of sp³-hybridized carbons (Fsp3) is 0.429. The van der Waals surface area contributed by atoms with Crippen LogP contribution in [0, 0.1) is 11.7 Å². The van der Waals surface area contributed by atoms with E-state index in [2.05, 4.69) is 28.4 Å². The van der Waals surface area contributed by atoms with Gasteiger partial charge in [0.05, 0.1) is 0 Å². The van der Waals surface area contributed by atoms with Crippen LogP contribution < -0.4 is 10.1 Å². The van der Waals surface area contributed by atoms with Crippen molar-refractivity contribution in [1.82, 2.24) is 4.90 Å². The van der Waals surface area contributed by atoms with E-state index in [1.54, 1.807) is 18.2 Å². The third-order valence-corrected chi connectivity index (χ3v) is 4.89. The average Bonchev–Trinajstić information content (AvgIpc) is 2.68. The number of anilines is 1. The number of rotatable bonds is 8. The average molecular weight is 358 g/mol. The molecular formula is C21H27FN2O2. The third kappa shape index (κ3) is 5.19. The molecule has 0 unspecified atom stereocenters. The number of benzene rings is 2. The predicted octanol–water partition coefficient (Wildman–Crippen LogP) is 3.52. The van der Waals surface area contributed by atoms with Crippen LogP contribution in [0.2, 0.25) is 0 Å². The van der Waals surface area contributed by atoms with Gasteiger partial charge < -0.3 is 15.2 Å². The lowest BCUT2D eigenvalue weighted by atomic mass is 9.97. The Bertz CT molecular complexity index is 687. The van der Waals surface area contributed by atoms with Gasteiger partial charge in [-0.2, -0.15) is 0 Å². The van der Waals surface area contributed by atoms with Gasteiger partial charge in [-0.1, -0.05) is 30.3 Å². The smallest absolute Gasteiger partial charge is 0.165 e. The summed E-state index contributed by atoms with van der Waals surface area (Å²) in [6.07, 6.45) is 2.12. The van der Waals surface area contributed by atoms with E-state index in [4.69, 9.17) is 4.74 Å². The number of nitrogens with zero attached hydrogens (tertiary/aromatic N) is 1. The number of hydrogen-bond donors (Lipinski definition) is 2. The Hall–Kier alpha value is -2.11. The van der Waals surface area contributed by atoms with E-state index in [0.29, 0.717) is 25.7 Å². The lowest BCUT2D eigenvalue weighted by molar-refractivity contribution is 0.127. The molecule has 2 aromatic carbocycles. The molecule has 26 heavy (non-hydrogen) atoms. The predicted molar refractivity (Wildman–Crippen MR) is 102 cm³/mol. The van der Waals surface area contributed by atoms with Gasteiger partial charge in [0, 0.05) is 25.4 Å². The van der Waals surface area contributed by atoms with E-state index >= 15 is 0 Å². The number of ether oxygens (including phenoxy) is 1. The maximum atomic E-state index is 13.6. The van der Waals surface area contributed by atoms with E-state index in [9.17, 15) is 9.50 Å². The van der Waals surface area contributed by atoms with Crippen molar-refractivity contribution in [3.63, 3.8) is 0 Å². The first-order valence-corrected chi connectivity index (χ1v) is 9.28. The molecule has 1 saturated heterocycles. The van der Waals surface area contributed by atoms with Gasteiger partial charge in [-0.25, -0.2) is 4.39 Å². The summed E-state index contributed by atoms with van der Waals surface area (Å²) >= 11 is 0. The van der Waals surface area contributed by atoms with Gasteiger partial charge in [-0.05, 0) is 55.6 Å². The van der Waals surface area contributed by atoms with Crippen LogP contribution in [0.3, 0.4) is 0 Å². The Kier molecular flexibility index (Phi) is 6.86. The normalized spacial score (nSPS) is 15.8. The highest BCUT2D eigenvalue weighted by Gasteiger charge is 2.19. The molecule has 1 aliphatic rings. The minimum Gasteiger partial charge on any atom is -0.489 e. The first kappa shape index (κ1) is 18.7. The highest BCUT2D eigenvalue weighted by molar-refractivity contribution is 5.51. The van der Waals surface area contributed by atoms with Crippen molar-refractivity contribution in [2.75, 3.05) is 38.2 Å². The second-order valence-corrected chi connectivity index (χ2v) is 6.76. The molecule has 0 atom stereocenters. The summed E-state index contributed by atoms with van der Waals surface area (Å²) < 4.78 is 19.1. The SMILES string of the molecule is OCC1CCN(Cc2ccccc2NCCOc2ccccc2F)CC1. The molecule has 4 nitrogen and oxygen atoms in total. The summed E-state index contributed by atoms with van der Waals surface area (Å²) in [6.45, 7) is 4.25. The lowest BCUT2D eigenvalue weighted by Crippen LogP contribution is -2.34. The number of aliphatic hydroxyl groups excluding tert-OH is 1. The van der Waals surface area contributed by atoms with Crippen LogP contribution in [0.15, 0.2) is 48.5 Å². The van der Waals surface area contributed by atoms with Gasteiger partial charge in [0.1, 0.15) is 6.61 Å². The number of piperidine rings is 1. The molecule has 2 N–H and O–H groups in total. The molecule has 2 aromatic rings. The minimum atomic E-state index is -0.334. The van der Waals surface area contributed by atoms with Crippen LogP contribution in [0.5, 0.6) is 5.75 Å². The fourth-order valence-corrected chi connectivity index (χ4v) is 3.31. The third-order valence-electron chi connectivity index (χ3n) is 4.89. The zero-order chi connectivity index (χ0) is 18.2. The number of halogens is 1. The Labute approximate surface area is 154 Å². The molecule has 0 spiro atoms. The quantitative estimate of drug-likeness (QED) is 0.709. The zero-order valence-electron chi connectivity index (χ0n) is 15.0. The number of para-hydroxylation sites is 2. The Morgan fingerprint density at radius 2 is 1.81 bits per heavy atom. The first-order valence-electron chi connectivity index (χ1n) is 9.28. The first-order chi connectivity index (χ1) is 12.8. The summed E-state index contributed by atoms with van der Waals surface area (Å²) in [5, 5.41) is 12.7. The molecule has 0 radical (unpaired) electrons. The summed E-state index contributed by atoms with van der Waals surface area (Å²) in [5.41, 5.74) is 2.34. The van der Waals surface area contributed by atoms with Crippen LogP contribution in [-0.4, -0.2) is 42.9 Å². The fourth-order valence-electron chi connectivity index (χ4n) is 3.31. The molecule has 0 amide bonds. The lowest BCUT2D eigenvalue weighted by Gasteiger charge is -2.31. The number of aliphatic hydroxyl groups is 1. The minimum absolute atomic E-state index is 0.286. The van der Waals surface area contributed by atoms with Crippen LogP contribution in [0.25, 0.3) is 0 Å². The molecule has 0 bridgehead atoms. The van der Waals surface area contributed by atoms with Crippen molar-refractivity contribution in [2.45, 2.75) is 19.4 Å². The van der Waals surface area contributed by atoms with E-state index in [-0.39, 0.29) is 11.6 Å². The van der Waals surface area contributed by atoms with Crippen molar-refractivity contribution in [1.29, 1.82) is 0 Å². The topological polar surface area (TPSA) is 44.7 Å². The van der Waals surface area contributed by atoms with E-state index in [1.165, 1.54) is 11.6 Å². The summed E-state index contributed by atoms with van der Waals surface area (Å²) in [5.74, 6) is 0.406. The van der Waals surface area contributed by atoms with Crippen LogP contribution in [-0.2, 0) is 6.54 Å². The molecule has 5 heteroatoms. The van der Waals surface area contributed by atoms with Gasteiger partial charge in [-0.3, -0.25) is 4.90 Å². The van der Waals surface area contributed by atoms with Crippen molar-refractivity contribution in [2.24, 2.45) is 5.92 Å². The number of likely N-dealkylation sites (tertiary alicyclic amines) is 1. The molecule has 0 saturated carbocycles. The van der Waals surface area contributed by atoms with Gasteiger partial charge in [-0.15, -0.1) is 0 Å². The monoisotopic (exact) mass is 358 g/mol. The van der Waals surface area contributed by atoms with Crippen molar-refractivity contribution in [3.05, 3.63) is 59.9 Å². The van der Waals surface area contributed by atoms with Crippen molar-refractivity contribution < 1.29 is 14.2 Å². The van der Waals surface area contributed by atoms with Crippen molar-refractivity contribution >= 4 is 5.69 Å². The highest BCUT2D eigenvalue weighted by atomic mass is 19.1. The van der Waals surface area contributed by atoms with Crippen LogP contribution in [0.4, 0.5) is 10.1 Å². The second kappa shape index (κ2) is 9.55. The second-order valence-electron chi connectivity index (χ2n) is 6.76. The van der Waals surface area contributed by atoms with Gasteiger partial charge in [0.25, 0.3) is 0 Å². The summed E-state index contributed by atoms with van der Waals surface area (Å²) in [4.78, 5) is 2.43. The van der Waals surface area contributed by atoms with E-state index in [1.807, 2.05) is 6.07 Å². The van der Waals surface area contributed by atoms with Crippen molar-refractivity contribution in [3.8, 4) is 5.75 Å². The molecule has 1 heterocycles. The standard InChI is InChI=1S/C21H27FN2O2/c22-19-6-2-4-8-21(19)26-14-11-23-20-7-3-1-5-18(20)15-24-12-9-17(16-25)10-13-24/h1-8,17,23,25H,9-16H2. The van der Waals surface area contributed by atoms with E-state index < -0.39 is 0 Å². The maximum absolute atomic E-state index is 13.6. The molecular weight excluding hydrogens is 331 g/mol. The van der Waals surface area contributed by atoms with Crippen LogP contribution in [0.1, 0.15) is 18.4 Å². The zero-order valence-corrected chi connectivity index (χ0v) is 15.0. The van der Waals surface area contributed by atoms with Gasteiger partial charge in [0.2, 0.25) is 0 Å². The van der Waals surface area contributed by atoms with Gasteiger partial charge in [0.15, 0.2) is 11.6 Å².